The number of rotatable bonds is 5. The van der Waals surface area contributed by atoms with Crippen molar-refractivity contribution in [3.8, 4) is 0 Å². The van der Waals surface area contributed by atoms with E-state index in [1.807, 2.05) is 17.5 Å². The Morgan fingerprint density at radius 3 is 2.19 bits per heavy atom. The molecule has 0 bridgehead atoms. The zero-order chi connectivity index (χ0) is 12.0. The molecule has 0 aliphatic heterocycles. The molecule has 0 unspecified atom stereocenters. The molecule has 4 nitrogen and oxygen atoms in total. The van der Waals surface area contributed by atoms with E-state index in [9.17, 15) is 9.59 Å². The van der Waals surface area contributed by atoms with Gasteiger partial charge in [-0.2, -0.15) is 0 Å². The van der Waals surface area contributed by atoms with Crippen LogP contribution in [-0.4, -0.2) is 25.2 Å². The lowest BCUT2D eigenvalue weighted by molar-refractivity contribution is -0.144. The molecular weight excluding hydrogens is 228 g/mol. The van der Waals surface area contributed by atoms with Crippen LogP contribution >= 0.6 is 11.3 Å². The first-order valence-electron chi connectivity index (χ1n) is 4.89. The van der Waals surface area contributed by atoms with Gasteiger partial charge in [0.05, 0.1) is 5.92 Å². The van der Waals surface area contributed by atoms with Gasteiger partial charge in [-0.25, -0.2) is 0 Å². The molecule has 1 aromatic rings. The van der Waals surface area contributed by atoms with Crippen LogP contribution in [0.5, 0.6) is 0 Å². The van der Waals surface area contributed by atoms with Crippen LogP contribution in [0.2, 0.25) is 0 Å². The van der Waals surface area contributed by atoms with Crippen LogP contribution in [0, 0.1) is 0 Å². The summed E-state index contributed by atoms with van der Waals surface area (Å²) >= 11 is 1.55. The second-order valence-corrected chi connectivity index (χ2v) is 4.30. The van der Waals surface area contributed by atoms with Crippen molar-refractivity contribution in [2.24, 2.45) is 0 Å². The average molecular weight is 242 g/mol. The van der Waals surface area contributed by atoms with Gasteiger partial charge in [-0.3, -0.25) is 9.59 Å². The van der Waals surface area contributed by atoms with E-state index in [2.05, 4.69) is 0 Å². The number of carbonyl (C=O) groups is 2. The molecule has 0 saturated carbocycles. The fourth-order valence-corrected chi connectivity index (χ4v) is 1.97. The van der Waals surface area contributed by atoms with Crippen molar-refractivity contribution in [1.29, 1.82) is 0 Å². The van der Waals surface area contributed by atoms with Gasteiger partial charge in [0.25, 0.3) is 0 Å². The van der Waals surface area contributed by atoms with E-state index < -0.39 is 0 Å². The monoisotopic (exact) mass is 242 g/mol. The molecule has 16 heavy (non-hydrogen) atoms. The maximum absolute atomic E-state index is 10.7. The molecule has 0 N–H and O–H groups in total. The number of ether oxygens (including phenoxy) is 2. The molecule has 88 valence electrons. The number of hydrogen-bond donors (Lipinski definition) is 0. The van der Waals surface area contributed by atoms with Gasteiger partial charge in [-0.1, -0.05) is 6.07 Å². The Morgan fingerprint density at radius 2 is 1.81 bits per heavy atom. The van der Waals surface area contributed by atoms with E-state index in [-0.39, 0.29) is 31.1 Å². The van der Waals surface area contributed by atoms with Crippen molar-refractivity contribution in [2.45, 2.75) is 19.8 Å². The number of esters is 2. The first-order chi connectivity index (χ1) is 7.59. The van der Waals surface area contributed by atoms with Crippen LogP contribution in [0.3, 0.4) is 0 Å². The predicted octanol–water partition coefficient (Wildman–Crippen LogP) is 1.96. The molecule has 0 amide bonds. The Labute approximate surface area is 98.2 Å². The van der Waals surface area contributed by atoms with Gasteiger partial charge in [-0.05, 0) is 11.4 Å². The minimum absolute atomic E-state index is 0.0761. The van der Waals surface area contributed by atoms with Crippen LogP contribution < -0.4 is 0 Å². The predicted molar refractivity (Wildman–Crippen MR) is 60.3 cm³/mol. The molecule has 1 aromatic heterocycles. The third-order valence-corrected chi connectivity index (χ3v) is 2.96. The van der Waals surface area contributed by atoms with Crippen LogP contribution in [0.4, 0.5) is 0 Å². The highest BCUT2D eigenvalue weighted by molar-refractivity contribution is 7.10. The second-order valence-electron chi connectivity index (χ2n) is 3.32. The maximum Gasteiger partial charge on any atom is 0.302 e. The second kappa shape index (κ2) is 6.27. The van der Waals surface area contributed by atoms with Crippen LogP contribution in [0.25, 0.3) is 0 Å². The van der Waals surface area contributed by atoms with Crippen molar-refractivity contribution in [3.05, 3.63) is 22.4 Å². The van der Waals surface area contributed by atoms with Gasteiger partial charge in [0.2, 0.25) is 0 Å². The lowest BCUT2D eigenvalue weighted by Crippen LogP contribution is -2.16. The fraction of sp³-hybridized carbons (Fsp3) is 0.455. The van der Waals surface area contributed by atoms with Crippen molar-refractivity contribution in [1.82, 2.24) is 0 Å². The molecule has 0 radical (unpaired) electrons. The summed E-state index contributed by atoms with van der Waals surface area (Å²) < 4.78 is 9.87. The van der Waals surface area contributed by atoms with Crippen molar-refractivity contribution >= 4 is 23.3 Å². The van der Waals surface area contributed by atoms with Gasteiger partial charge >= 0.3 is 11.9 Å². The summed E-state index contributed by atoms with van der Waals surface area (Å²) in [6.07, 6.45) is 0. The van der Waals surface area contributed by atoms with E-state index in [0.717, 1.165) is 4.88 Å². The summed E-state index contributed by atoms with van der Waals surface area (Å²) in [7, 11) is 0. The smallest absolute Gasteiger partial charge is 0.302 e. The lowest BCUT2D eigenvalue weighted by atomic mass is 10.1. The first kappa shape index (κ1) is 12.7. The van der Waals surface area contributed by atoms with Crippen molar-refractivity contribution < 1.29 is 19.1 Å². The number of hydrogen-bond acceptors (Lipinski definition) is 5. The molecule has 0 fully saturated rings. The number of thiophene rings is 1. The van der Waals surface area contributed by atoms with Gasteiger partial charge in [0.15, 0.2) is 0 Å². The summed E-state index contributed by atoms with van der Waals surface area (Å²) in [5, 5.41) is 1.93. The highest BCUT2D eigenvalue weighted by Crippen LogP contribution is 2.22. The molecule has 1 rings (SSSR count). The van der Waals surface area contributed by atoms with Crippen LogP contribution in [0.1, 0.15) is 24.6 Å². The molecule has 1 heterocycles. The summed E-state index contributed by atoms with van der Waals surface area (Å²) in [6.45, 7) is 3.20. The van der Waals surface area contributed by atoms with Gasteiger partial charge in [-0.15, -0.1) is 11.3 Å². The largest absolute Gasteiger partial charge is 0.465 e. The third-order valence-electron chi connectivity index (χ3n) is 1.92. The molecule has 5 heteroatoms. The third kappa shape index (κ3) is 4.44. The summed E-state index contributed by atoms with van der Waals surface area (Å²) in [4.78, 5) is 22.5. The van der Waals surface area contributed by atoms with E-state index in [1.54, 1.807) is 11.3 Å². The van der Waals surface area contributed by atoms with Crippen molar-refractivity contribution in [3.63, 3.8) is 0 Å². The van der Waals surface area contributed by atoms with Crippen LogP contribution in [-0.2, 0) is 19.1 Å². The Balaban J connectivity index is 2.55. The Kier molecular flexibility index (Phi) is 4.98. The van der Waals surface area contributed by atoms with E-state index in [1.165, 1.54) is 13.8 Å². The molecule has 0 spiro atoms. The minimum atomic E-state index is -0.329. The zero-order valence-electron chi connectivity index (χ0n) is 9.26. The number of carbonyl (C=O) groups excluding carboxylic acids is 2. The normalized spacial score (nSPS) is 10.2. The molecule has 0 aliphatic rings. The Hall–Kier alpha value is -1.36. The Bertz CT molecular complexity index is 327. The first-order valence-corrected chi connectivity index (χ1v) is 5.77. The quantitative estimate of drug-likeness (QED) is 0.741. The standard InChI is InChI=1S/C11H14O4S/c1-8(12)14-6-10(7-15-9(2)13)11-4-3-5-16-11/h3-5,10H,6-7H2,1-2H3. The van der Waals surface area contributed by atoms with E-state index in [0.29, 0.717) is 0 Å². The zero-order valence-corrected chi connectivity index (χ0v) is 10.1. The van der Waals surface area contributed by atoms with Crippen molar-refractivity contribution in [2.75, 3.05) is 13.2 Å². The van der Waals surface area contributed by atoms with Gasteiger partial charge in [0, 0.05) is 18.7 Å². The molecule has 0 atom stereocenters. The minimum Gasteiger partial charge on any atom is -0.465 e. The average Bonchev–Trinajstić information content (AvgIpc) is 2.70. The summed E-state index contributed by atoms with van der Waals surface area (Å²) in [5.41, 5.74) is 0. The van der Waals surface area contributed by atoms with Gasteiger partial charge in [0.1, 0.15) is 13.2 Å². The van der Waals surface area contributed by atoms with E-state index >= 15 is 0 Å². The highest BCUT2D eigenvalue weighted by Gasteiger charge is 2.16. The molecular formula is C11H14O4S. The molecule has 0 aromatic carbocycles. The summed E-state index contributed by atoms with van der Waals surface area (Å²) in [5.74, 6) is -0.735. The maximum atomic E-state index is 10.7. The topological polar surface area (TPSA) is 52.6 Å². The molecule has 0 aliphatic carbocycles. The molecule has 0 saturated heterocycles. The summed E-state index contributed by atoms with van der Waals surface area (Å²) in [6, 6.07) is 3.84. The Morgan fingerprint density at radius 1 is 1.25 bits per heavy atom. The highest BCUT2D eigenvalue weighted by atomic mass is 32.1. The SMILES string of the molecule is CC(=O)OCC(COC(C)=O)c1cccs1. The van der Waals surface area contributed by atoms with Gasteiger partial charge < -0.3 is 9.47 Å². The lowest BCUT2D eigenvalue weighted by Gasteiger charge is -2.14. The van der Waals surface area contributed by atoms with E-state index in [4.69, 9.17) is 9.47 Å². The fourth-order valence-electron chi connectivity index (χ4n) is 1.17. The van der Waals surface area contributed by atoms with Crippen LogP contribution in [0.15, 0.2) is 17.5 Å².